The van der Waals surface area contributed by atoms with E-state index in [9.17, 15) is 0 Å². The Kier molecular flexibility index (Phi) is 7.15. The predicted octanol–water partition coefficient (Wildman–Crippen LogP) is 4.90. The number of aryl methyl sites for hydroxylation is 2. The van der Waals surface area contributed by atoms with Crippen LogP contribution in [-0.2, 0) is 12.8 Å². The van der Waals surface area contributed by atoms with Gasteiger partial charge in [-0.1, -0.05) is 52.8 Å². The van der Waals surface area contributed by atoms with Crippen LogP contribution in [0.15, 0.2) is 18.2 Å². The standard InChI is InChI=1S/C18H31N/c1-6-15-10-11-17(13-16(15)7-2)18(19-8-3)12-9-14(4)5/h10-11,13-14,18-19H,6-9,12H2,1-5H3. The summed E-state index contributed by atoms with van der Waals surface area (Å²) < 4.78 is 0. The summed E-state index contributed by atoms with van der Waals surface area (Å²) in [4.78, 5) is 0. The third kappa shape index (κ3) is 4.99. The Bertz CT molecular complexity index is 368. The first-order valence-corrected chi connectivity index (χ1v) is 7.97. The van der Waals surface area contributed by atoms with Crippen molar-refractivity contribution in [2.45, 2.75) is 66.3 Å². The van der Waals surface area contributed by atoms with Crippen LogP contribution in [0.5, 0.6) is 0 Å². The van der Waals surface area contributed by atoms with Crippen LogP contribution in [0.1, 0.15) is 70.2 Å². The van der Waals surface area contributed by atoms with Gasteiger partial charge in [0.25, 0.3) is 0 Å². The molecule has 1 unspecified atom stereocenters. The third-order valence-corrected chi connectivity index (χ3v) is 3.88. The lowest BCUT2D eigenvalue weighted by Gasteiger charge is -2.21. The minimum Gasteiger partial charge on any atom is -0.310 e. The quantitative estimate of drug-likeness (QED) is 0.702. The van der Waals surface area contributed by atoms with Crippen molar-refractivity contribution in [2.75, 3.05) is 6.54 Å². The highest BCUT2D eigenvalue weighted by Gasteiger charge is 2.12. The fourth-order valence-electron chi connectivity index (χ4n) is 2.67. The topological polar surface area (TPSA) is 12.0 Å². The van der Waals surface area contributed by atoms with Crippen LogP contribution >= 0.6 is 0 Å². The number of hydrogen-bond acceptors (Lipinski definition) is 1. The first kappa shape index (κ1) is 16.2. The van der Waals surface area contributed by atoms with E-state index in [2.05, 4.69) is 58.1 Å². The van der Waals surface area contributed by atoms with E-state index in [1.54, 1.807) is 0 Å². The van der Waals surface area contributed by atoms with Gasteiger partial charge in [0.2, 0.25) is 0 Å². The number of hydrogen-bond donors (Lipinski definition) is 1. The van der Waals surface area contributed by atoms with E-state index in [1.807, 2.05) is 0 Å². The minimum atomic E-state index is 0.517. The number of rotatable bonds is 8. The van der Waals surface area contributed by atoms with Crippen molar-refractivity contribution >= 4 is 0 Å². The molecule has 0 aromatic heterocycles. The Morgan fingerprint density at radius 2 is 1.63 bits per heavy atom. The molecule has 0 aliphatic carbocycles. The second kappa shape index (κ2) is 8.37. The Hall–Kier alpha value is -0.820. The van der Waals surface area contributed by atoms with Gasteiger partial charge in [-0.05, 0) is 54.8 Å². The van der Waals surface area contributed by atoms with E-state index in [1.165, 1.54) is 29.5 Å². The molecule has 1 aromatic rings. The Labute approximate surface area is 119 Å². The first-order chi connectivity index (χ1) is 9.12. The van der Waals surface area contributed by atoms with Gasteiger partial charge in [0.1, 0.15) is 0 Å². The summed E-state index contributed by atoms with van der Waals surface area (Å²) in [7, 11) is 0. The third-order valence-electron chi connectivity index (χ3n) is 3.88. The van der Waals surface area contributed by atoms with Crippen LogP contribution in [-0.4, -0.2) is 6.54 Å². The van der Waals surface area contributed by atoms with Crippen molar-refractivity contribution in [2.24, 2.45) is 5.92 Å². The molecule has 0 saturated heterocycles. The molecule has 0 aliphatic heterocycles. The zero-order valence-corrected chi connectivity index (χ0v) is 13.4. The van der Waals surface area contributed by atoms with Crippen LogP contribution in [0.4, 0.5) is 0 Å². The average molecular weight is 261 g/mol. The van der Waals surface area contributed by atoms with Gasteiger partial charge in [-0.3, -0.25) is 0 Å². The molecule has 0 heterocycles. The van der Waals surface area contributed by atoms with Crippen molar-refractivity contribution in [1.82, 2.24) is 5.32 Å². The van der Waals surface area contributed by atoms with Gasteiger partial charge in [-0.2, -0.15) is 0 Å². The second-order valence-corrected chi connectivity index (χ2v) is 5.82. The largest absolute Gasteiger partial charge is 0.310 e. The zero-order valence-electron chi connectivity index (χ0n) is 13.4. The Balaban J connectivity index is 2.88. The molecule has 1 N–H and O–H groups in total. The molecule has 19 heavy (non-hydrogen) atoms. The van der Waals surface area contributed by atoms with E-state index in [0.29, 0.717) is 6.04 Å². The summed E-state index contributed by atoms with van der Waals surface area (Å²) in [5.41, 5.74) is 4.49. The van der Waals surface area contributed by atoms with Gasteiger partial charge >= 0.3 is 0 Å². The van der Waals surface area contributed by atoms with Gasteiger partial charge < -0.3 is 5.32 Å². The molecule has 108 valence electrons. The van der Waals surface area contributed by atoms with Gasteiger partial charge in [0.15, 0.2) is 0 Å². The highest BCUT2D eigenvalue weighted by molar-refractivity contribution is 5.33. The molecule has 0 bridgehead atoms. The van der Waals surface area contributed by atoms with Crippen molar-refractivity contribution in [3.63, 3.8) is 0 Å². The van der Waals surface area contributed by atoms with Crippen LogP contribution in [0.3, 0.4) is 0 Å². The second-order valence-electron chi connectivity index (χ2n) is 5.82. The molecule has 1 atom stereocenters. The normalized spacial score (nSPS) is 12.9. The lowest BCUT2D eigenvalue weighted by Crippen LogP contribution is -2.21. The monoisotopic (exact) mass is 261 g/mol. The van der Waals surface area contributed by atoms with E-state index in [-0.39, 0.29) is 0 Å². The predicted molar refractivity (Wildman–Crippen MR) is 85.7 cm³/mol. The maximum Gasteiger partial charge on any atom is 0.0320 e. The molecule has 0 spiro atoms. The summed E-state index contributed by atoms with van der Waals surface area (Å²) in [5, 5.41) is 3.64. The lowest BCUT2D eigenvalue weighted by molar-refractivity contribution is 0.448. The fraction of sp³-hybridized carbons (Fsp3) is 0.667. The Morgan fingerprint density at radius 3 is 2.16 bits per heavy atom. The van der Waals surface area contributed by atoms with E-state index in [0.717, 1.165) is 25.3 Å². The summed E-state index contributed by atoms with van der Waals surface area (Å²) in [6, 6.07) is 7.59. The van der Waals surface area contributed by atoms with E-state index < -0.39 is 0 Å². The molecule has 1 aromatic carbocycles. The molecule has 1 heteroatoms. The summed E-state index contributed by atoms with van der Waals surface area (Å²) in [6.07, 6.45) is 4.80. The maximum absolute atomic E-state index is 3.64. The van der Waals surface area contributed by atoms with Crippen LogP contribution in [0.25, 0.3) is 0 Å². The van der Waals surface area contributed by atoms with Crippen molar-refractivity contribution in [3.8, 4) is 0 Å². The molecular weight excluding hydrogens is 230 g/mol. The van der Waals surface area contributed by atoms with Gasteiger partial charge in [-0.15, -0.1) is 0 Å². The fourth-order valence-corrected chi connectivity index (χ4v) is 2.67. The average Bonchev–Trinajstić information content (AvgIpc) is 2.42. The minimum absolute atomic E-state index is 0.517. The molecular formula is C18H31N. The Morgan fingerprint density at radius 1 is 0.947 bits per heavy atom. The molecule has 0 saturated carbocycles. The molecule has 0 fully saturated rings. The van der Waals surface area contributed by atoms with Crippen LogP contribution in [0.2, 0.25) is 0 Å². The molecule has 0 amide bonds. The van der Waals surface area contributed by atoms with Gasteiger partial charge in [0.05, 0.1) is 0 Å². The molecule has 0 aliphatic rings. The molecule has 0 radical (unpaired) electrons. The van der Waals surface area contributed by atoms with Crippen molar-refractivity contribution < 1.29 is 0 Å². The molecule has 1 nitrogen and oxygen atoms in total. The van der Waals surface area contributed by atoms with Crippen LogP contribution < -0.4 is 5.32 Å². The SMILES string of the molecule is CCNC(CCC(C)C)c1ccc(CC)c(CC)c1. The smallest absolute Gasteiger partial charge is 0.0320 e. The van der Waals surface area contributed by atoms with Gasteiger partial charge in [0, 0.05) is 6.04 Å². The molecule has 1 rings (SSSR count). The lowest BCUT2D eigenvalue weighted by atomic mass is 9.93. The van der Waals surface area contributed by atoms with E-state index in [4.69, 9.17) is 0 Å². The zero-order chi connectivity index (χ0) is 14.3. The van der Waals surface area contributed by atoms with Crippen molar-refractivity contribution in [3.05, 3.63) is 34.9 Å². The van der Waals surface area contributed by atoms with Crippen molar-refractivity contribution in [1.29, 1.82) is 0 Å². The number of benzene rings is 1. The summed E-state index contributed by atoms with van der Waals surface area (Å²) >= 11 is 0. The highest BCUT2D eigenvalue weighted by Crippen LogP contribution is 2.24. The number of nitrogens with one attached hydrogen (secondary N) is 1. The first-order valence-electron chi connectivity index (χ1n) is 7.97. The summed E-state index contributed by atoms with van der Waals surface area (Å²) in [6.45, 7) is 12.4. The summed E-state index contributed by atoms with van der Waals surface area (Å²) in [5.74, 6) is 0.779. The van der Waals surface area contributed by atoms with Crippen LogP contribution in [0, 0.1) is 5.92 Å². The van der Waals surface area contributed by atoms with E-state index >= 15 is 0 Å². The maximum atomic E-state index is 3.64. The van der Waals surface area contributed by atoms with Gasteiger partial charge in [-0.25, -0.2) is 0 Å². The highest BCUT2D eigenvalue weighted by atomic mass is 14.9.